The zero-order chi connectivity index (χ0) is 92.4. The third kappa shape index (κ3) is 51.0. The van der Waals surface area contributed by atoms with Crippen molar-refractivity contribution in [3.63, 3.8) is 0 Å². The molecule has 0 bridgehead atoms. The molecule has 0 spiro atoms. The van der Waals surface area contributed by atoms with E-state index in [0.717, 1.165) is 36.8 Å². The van der Waals surface area contributed by atoms with E-state index >= 15 is 0 Å². The number of primary amides is 5. The first-order valence-corrected chi connectivity index (χ1v) is 40.0. The summed E-state index contributed by atoms with van der Waals surface area (Å²) in [6.45, 7) is 21.1. The molecule has 664 valence electrons. The van der Waals surface area contributed by atoms with Crippen LogP contribution >= 0.6 is 197 Å². The number of rotatable bonds is 16. The molecule has 8 rings (SSSR count). The average molecular weight is 2520 g/mol. The number of amides is 5. The van der Waals surface area contributed by atoms with Gasteiger partial charge in [-0.3, -0.25) is 68.0 Å². The zero-order valence-corrected chi connectivity index (χ0v) is 85.3. The molecule has 0 saturated carbocycles. The molecule has 0 aromatic carbocycles. The van der Waals surface area contributed by atoms with Gasteiger partial charge >= 0.3 is 120 Å². The molecule has 0 aliphatic carbocycles. The van der Waals surface area contributed by atoms with Crippen molar-refractivity contribution >= 4 is 292 Å². The summed E-state index contributed by atoms with van der Waals surface area (Å²) in [4.78, 5) is 109. The molecule has 0 atom stereocenters. The number of aromatic nitrogens is 8. The van der Waals surface area contributed by atoms with Gasteiger partial charge in [0.25, 0.3) is 5.92 Å². The van der Waals surface area contributed by atoms with Crippen LogP contribution in [0.4, 0.5) is 66.8 Å². The molecule has 32 nitrogen and oxygen atoms in total. The Morgan fingerprint density at radius 1 is 0.516 bits per heavy atom. The van der Waals surface area contributed by atoms with Gasteiger partial charge in [-0.25, -0.2) is 37.9 Å². The summed E-state index contributed by atoms with van der Waals surface area (Å²) >= 11 is 52.3. The Bertz CT molecular complexity index is 5190. The van der Waals surface area contributed by atoms with E-state index in [9.17, 15) is 77.5 Å². The number of nitrogens with two attached hydrogens (primary N) is 6. The largest absolute Gasteiger partial charge is 1.00 e. The standard InChI is InChI=1S/C10H9ClF2N2O3.C8H6ClF2IN2O.C8H7ClF2N2O2.C8H5ClFIN2O.C8H3ClFIN2.C6H4BrClN2O.C6H2BrClN2.C6H5N3.C4H5BrF2O2.B.Cu.K.Na.H2O4S.H2O.H/c1-2-18-9(17)10(12,13)7-6(11)3-5(4-15-7)8(14)16;9-5-1-4(7(13)15)2-14-6(5)8(10,11)3-12;9-5-1-4(7(12)15)2-13-6(5)8(10,11)3-14;9-5-1-4(8(12)14)3-13-7(5)6(10)2-11;1-12-5-2-6(9)8(13-4-5)7(10)3-11;7-5-4(8)1-3(2-10-5)6(9)11;1-9-4-2-5(8)6(7)10-3-4;1-8-5-2-3-6(7)9-4-5;1-2-9-3(8)4(5,6)7;;;;;1-5(2,3)4;;/h3-4H,2H2,1H3,(H2,14,16);1-2H,3H2,(H2,13,15);1-2,14H,3H2,(H2,12,15);1-3H,(H2,12,14);2-4H;1-2H,(H2,9,11);2-3H;2-4H,(H2,7,9);2H2,1H3;;;;;(H2,1,2,3,4);1H2;/q;;;;;;;;;;;2*+1;;;-1/p-1/b;;;6-2-;7-3-;;;;;;;;;;;. The first-order valence-electron chi connectivity index (χ1n) is 29.6. The molecule has 0 fully saturated rings. The number of esters is 2. The number of nitrogen functional groups attached to an aromatic ring is 1. The number of nitrogens with zero attached hydrogens (tertiary/aromatic N) is 11. The minimum Gasteiger partial charge on any atom is -1.00 e. The number of ether oxygens (including phenoxy) is 2. The van der Waals surface area contributed by atoms with Crippen LogP contribution in [-0.2, 0) is 64.3 Å². The number of carbonyl (C=O) groups is 7. The van der Waals surface area contributed by atoms with Gasteiger partial charge in [0.2, 0.25) is 46.6 Å². The van der Waals surface area contributed by atoms with E-state index in [1.807, 2.05) is 15.9 Å². The predicted octanol–water partition coefficient (Wildman–Crippen LogP) is 11.6. The van der Waals surface area contributed by atoms with Crippen molar-refractivity contribution in [3.05, 3.63) is 247 Å². The van der Waals surface area contributed by atoms with Crippen LogP contribution < -0.4 is 115 Å². The van der Waals surface area contributed by atoms with Gasteiger partial charge in [-0.05, 0) is 139 Å². The molecule has 8 heterocycles. The van der Waals surface area contributed by atoms with Crippen molar-refractivity contribution < 1.29 is 214 Å². The van der Waals surface area contributed by atoms with E-state index in [4.69, 9.17) is 158 Å². The molecule has 0 unspecified atom stereocenters. The van der Waals surface area contributed by atoms with Crippen LogP contribution in [0.3, 0.4) is 0 Å². The molecular weight excluding hydrogens is 2470 g/mol. The van der Waals surface area contributed by atoms with Gasteiger partial charge in [-0.1, -0.05) is 110 Å². The summed E-state index contributed by atoms with van der Waals surface area (Å²) in [6.07, 6.45) is 9.42. The average Bonchev–Trinajstić information content (AvgIpc) is 0.803. The number of anilines is 1. The van der Waals surface area contributed by atoms with Crippen molar-refractivity contribution in [2.75, 3.05) is 30.0 Å². The predicted molar refractivity (Wildman–Crippen MR) is 464 cm³/mol. The number of carbonyl (C=O) groups excluding carboxylic acids is 7. The Labute approximate surface area is 876 Å². The van der Waals surface area contributed by atoms with Crippen LogP contribution in [0.1, 0.15) is 95.5 Å². The molecule has 0 aliphatic heterocycles. The third-order valence-corrected chi connectivity index (χ3v) is 17.5. The van der Waals surface area contributed by atoms with Gasteiger partial charge in [-0.15, -0.1) is 0 Å². The maximum Gasteiger partial charge on any atom is 1.00 e. The van der Waals surface area contributed by atoms with E-state index in [1.165, 1.54) is 93.8 Å². The van der Waals surface area contributed by atoms with E-state index in [-0.39, 0.29) is 175 Å². The monoisotopic (exact) mass is 2520 g/mol. The van der Waals surface area contributed by atoms with Crippen LogP contribution in [0.5, 0.6) is 0 Å². The van der Waals surface area contributed by atoms with E-state index in [2.05, 4.69) is 95.7 Å². The number of pyridine rings is 8. The van der Waals surface area contributed by atoms with Gasteiger partial charge in [0.15, 0.2) is 11.7 Å². The van der Waals surface area contributed by atoms with Crippen molar-refractivity contribution in [3.8, 4) is 0 Å². The van der Waals surface area contributed by atoms with Gasteiger partial charge in [0.05, 0.1) is 100 Å². The summed E-state index contributed by atoms with van der Waals surface area (Å²) in [5.74, 6) is -18.2. The van der Waals surface area contributed by atoms with Crippen molar-refractivity contribution in [1.29, 1.82) is 0 Å². The molecular formula is C64H50BBr3Cl7CuF10I3KN17NaO15S. The molecule has 0 aliphatic rings. The minimum atomic E-state index is -4.67. The zero-order valence-electron chi connectivity index (χ0n) is 62.9. The SMILES string of the molecule is CCOC(=O)C(F)(F)Br.CCOC(=O)C(F)(F)c1ncc(C(N)=O)cc1Cl.NC(=O)c1cnc(/C(F)=C/I)c(Cl)c1.NC(=O)c1cnc(Br)c(Cl)c1.NC(=O)c1cnc(C(F)(F)CI)c(Cl)c1.NC(=O)c1cnc(C(F)(F)CO)c(Cl)c1.O=S(=O)(O)O.[B].[C-]#[N+]c1ccc(N)nc1.[C-]#[N+]c1cnc(/C(F)=C/I)c(Cl)c1.[C-]#[N+]c1cnc(Br)c(Cl)c1.[Cu].[H-].[K+].[Na+].[OH-]. The van der Waals surface area contributed by atoms with E-state index in [0.29, 0.717) is 47.7 Å². The molecule has 8 aromatic rings. The summed E-state index contributed by atoms with van der Waals surface area (Å²) in [5.41, 5.74) is 29.3. The summed E-state index contributed by atoms with van der Waals surface area (Å²) < 4.78 is 172. The number of aliphatic hydroxyl groups excluding tert-OH is 1. The first-order chi connectivity index (χ1) is 55.0. The second-order valence-electron chi connectivity index (χ2n) is 19.9. The van der Waals surface area contributed by atoms with Crippen molar-refractivity contribution in [2.24, 2.45) is 28.7 Å². The Balaban J connectivity index is -0.000000204. The Kier molecular flexibility index (Phi) is 70.1. The number of aliphatic hydroxyl groups is 1. The fourth-order valence-corrected chi connectivity index (χ4v) is 9.39. The van der Waals surface area contributed by atoms with Gasteiger partial charge < -0.3 is 55.9 Å². The first kappa shape index (κ1) is 132. The van der Waals surface area contributed by atoms with Crippen molar-refractivity contribution in [2.45, 2.75) is 36.4 Å². The summed E-state index contributed by atoms with van der Waals surface area (Å²) in [7, 11) is -4.67. The van der Waals surface area contributed by atoms with Crippen LogP contribution in [0.15, 0.2) is 122 Å². The van der Waals surface area contributed by atoms with E-state index < -0.39 is 124 Å². The smallest absolute Gasteiger partial charge is 1.00 e. The molecule has 4 radical (unpaired) electrons. The minimum absolute atomic E-state index is 0. The normalized spacial score (nSPS) is 10.3. The van der Waals surface area contributed by atoms with Crippen LogP contribution in [-0.4, -0.2) is 147 Å². The van der Waals surface area contributed by atoms with Crippen molar-refractivity contribution in [1.82, 2.24) is 39.9 Å². The fourth-order valence-electron chi connectivity index (χ4n) is 6.17. The number of alkyl halides is 10. The third-order valence-electron chi connectivity index (χ3n) is 11.4. The molecule has 124 heavy (non-hydrogen) atoms. The maximum absolute atomic E-state index is 13.6. The van der Waals surface area contributed by atoms with Gasteiger partial charge in [0.1, 0.15) is 50.1 Å². The van der Waals surface area contributed by atoms with Crippen LogP contribution in [0.2, 0.25) is 35.2 Å². The Morgan fingerprint density at radius 2 is 0.798 bits per heavy atom. The Hall–Kier alpha value is -4.79. The van der Waals surface area contributed by atoms with Crippen LogP contribution in [0.25, 0.3) is 26.2 Å². The summed E-state index contributed by atoms with van der Waals surface area (Å²) in [5, 5.41) is 8.26. The van der Waals surface area contributed by atoms with Crippen LogP contribution in [0, 0.1) is 19.7 Å². The molecule has 0 saturated heterocycles. The second kappa shape index (κ2) is 65.7. The summed E-state index contributed by atoms with van der Waals surface area (Å²) in [6, 6.07) is 11.9. The van der Waals surface area contributed by atoms with E-state index in [1.54, 1.807) is 63.4 Å². The maximum atomic E-state index is 13.6. The quantitative estimate of drug-likeness (QED) is 0.00634. The van der Waals surface area contributed by atoms with Gasteiger partial charge in [0, 0.05) is 99.2 Å². The number of hydrogen-bond acceptors (Lipinski definition) is 22. The molecule has 5 amide bonds. The number of halogens is 23. The molecule has 8 aromatic heterocycles. The molecule has 16 N–H and O–H groups in total. The number of hydrogen-bond donors (Lipinski definition) is 9. The Morgan fingerprint density at radius 3 is 1.07 bits per heavy atom. The van der Waals surface area contributed by atoms with Gasteiger partial charge in [-0.2, -0.15) is 43.5 Å². The topological polar surface area (TPSA) is 535 Å². The fraction of sp³-hybridized carbons (Fsp3) is 0.156. The molecule has 60 heteroatoms. The second-order valence-corrected chi connectivity index (χ2v) is 28.1.